The summed E-state index contributed by atoms with van der Waals surface area (Å²) >= 11 is 0. The van der Waals surface area contributed by atoms with Crippen LogP contribution in [0.1, 0.15) is 6.92 Å². The van der Waals surface area contributed by atoms with Crippen molar-refractivity contribution < 1.29 is 23.9 Å². The van der Waals surface area contributed by atoms with Crippen molar-refractivity contribution in [2.75, 3.05) is 14.2 Å². The van der Waals surface area contributed by atoms with Crippen molar-refractivity contribution in [1.82, 2.24) is 4.90 Å². The number of esters is 2. The summed E-state index contributed by atoms with van der Waals surface area (Å²) in [6.45, 7) is 7.67. The van der Waals surface area contributed by atoms with E-state index in [4.69, 9.17) is 9.47 Å². The van der Waals surface area contributed by atoms with E-state index in [0.717, 1.165) is 0 Å². The van der Waals surface area contributed by atoms with E-state index in [1.165, 1.54) is 26.0 Å². The lowest BCUT2D eigenvalue weighted by Gasteiger charge is -2.42. The second-order valence-corrected chi connectivity index (χ2v) is 11.6. The molecule has 21 heavy (non-hydrogen) atoms. The maximum Gasteiger partial charge on any atom is 0.329 e. The fraction of sp³-hybridized carbons (Fsp3) is 0.643. The van der Waals surface area contributed by atoms with Gasteiger partial charge in [-0.25, -0.2) is 4.79 Å². The Bertz CT molecular complexity index is 468. The quantitative estimate of drug-likeness (QED) is 0.582. The topological polar surface area (TPSA) is 72.9 Å². The third-order valence-electron chi connectivity index (χ3n) is 3.76. The molecule has 0 saturated heterocycles. The molecular formula is C14H23NO5Si. The van der Waals surface area contributed by atoms with E-state index in [1.807, 2.05) is 6.08 Å². The van der Waals surface area contributed by atoms with Gasteiger partial charge in [-0.1, -0.05) is 25.7 Å². The first-order valence-corrected chi connectivity index (χ1v) is 10.4. The summed E-state index contributed by atoms with van der Waals surface area (Å²) in [4.78, 5) is 37.4. The molecule has 1 rings (SSSR count). The molecule has 7 heteroatoms. The lowest BCUT2D eigenvalue weighted by molar-refractivity contribution is -0.161. The molecule has 1 heterocycles. The third-order valence-corrected chi connectivity index (χ3v) is 6.31. The Kier molecular flexibility index (Phi) is 5.33. The van der Waals surface area contributed by atoms with Crippen LogP contribution in [0.25, 0.3) is 0 Å². The number of hydrogen-bond acceptors (Lipinski definition) is 5. The van der Waals surface area contributed by atoms with Gasteiger partial charge in [0.2, 0.25) is 5.91 Å². The minimum Gasteiger partial charge on any atom is -0.469 e. The van der Waals surface area contributed by atoms with Gasteiger partial charge in [-0.05, 0) is 5.54 Å². The van der Waals surface area contributed by atoms with Gasteiger partial charge in [0.25, 0.3) is 0 Å². The van der Waals surface area contributed by atoms with Crippen LogP contribution in [-0.4, -0.2) is 51.1 Å². The van der Waals surface area contributed by atoms with Crippen LogP contribution in [-0.2, 0) is 23.9 Å². The van der Waals surface area contributed by atoms with Gasteiger partial charge >= 0.3 is 11.9 Å². The fourth-order valence-corrected chi connectivity index (χ4v) is 4.75. The maximum absolute atomic E-state index is 12.2. The highest BCUT2D eigenvalue weighted by Gasteiger charge is 2.50. The Morgan fingerprint density at radius 3 is 1.95 bits per heavy atom. The van der Waals surface area contributed by atoms with E-state index in [0.29, 0.717) is 0 Å². The molecule has 0 fully saturated rings. The Morgan fingerprint density at radius 1 is 1.05 bits per heavy atom. The molecule has 0 radical (unpaired) electrons. The van der Waals surface area contributed by atoms with E-state index >= 15 is 0 Å². The van der Waals surface area contributed by atoms with Gasteiger partial charge in [-0.15, -0.1) is 0 Å². The predicted molar refractivity (Wildman–Crippen MR) is 80.1 cm³/mol. The molecule has 3 unspecified atom stereocenters. The number of carbonyl (C=O) groups excluding carboxylic acids is 3. The lowest BCUT2D eigenvalue weighted by atomic mass is 9.91. The number of amides is 1. The smallest absolute Gasteiger partial charge is 0.329 e. The molecule has 118 valence electrons. The van der Waals surface area contributed by atoms with E-state index in [1.54, 1.807) is 6.20 Å². The van der Waals surface area contributed by atoms with Crippen LogP contribution >= 0.6 is 0 Å². The highest BCUT2D eigenvalue weighted by Crippen LogP contribution is 2.40. The fourth-order valence-electron chi connectivity index (χ4n) is 2.69. The summed E-state index contributed by atoms with van der Waals surface area (Å²) in [6.07, 6.45) is 3.43. The molecule has 0 aromatic rings. The van der Waals surface area contributed by atoms with Crippen molar-refractivity contribution in [2.45, 2.75) is 38.1 Å². The Morgan fingerprint density at radius 2 is 1.57 bits per heavy atom. The van der Waals surface area contributed by atoms with Crippen LogP contribution in [0.4, 0.5) is 0 Å². The second-order valence-electron chi connectivity index (χ2n) is 6.18. The maximum atomic E-state index is 12.2. The molecule has 0 aromatic heterocycles. The number of hydrogen-bond donors (Lipinski definition) is 0. The van der Waals surface area contributed by atoms with Crippen molar-refractivity contribution in [1.29, 1.82) is 0 Å². The molecule has 0 N–H and O–H groups in total. The number of methoxy groups -OCH3 is 2. The van der Waals surface area contributed by atoms with Gasteiger partial charge in [-0.3, -0.25) is 9.59 Å². The highest BCUT2D eigenvalue weighted by atomic mass is 28.3. The number of allylic oxidation sites excluding steroid dienone is 1. The summed E-state index contributed by atoms with van der Waals surface area (Å²) in [5.41, 5.74) is -0.107. The molecule has 1 aliphatic heterocycles. The van der Waals surface area contributed by atoms with E-state index in [2.05, 4.69) is 19.6 Å². The summed E-state index contributed by atoms with van der Waals surface area (Å²) < 4.78 is 9.67. The van der Waals surface area contributed by atoms with Gasteiger partial charge < -0.3 is 14.4 Å². The lowest BCUT2D eigenvalue weighted by Crippen LogP contribution is -2.55. The number of carbonyl (C=O) groups is 3. The minimum atomic E-state index is -1.80. The predicted octanol–water partition coefficient (Wildman–Crippen LogP) is 1.40. The van der Waals surface area contributed by atoms with Crippen LogP contribution in [0.15, 0.2) is 12.3 Å². The van der Waals surface area contributed by atoms with Crippen molar-refractivity contribution in [3.63, 3.8) is 0 Å². The Hall–Kier alpha value is -1.63. The normalized spacial score (nSPS) is 25.4. The van der Waals surface area contributed by atoms with E-state index in [-0.39, 0.29) is 11.4 Å². The van der Waals surface area contributed by atoms with Crippen molar-refractivity contribution in [3.05, 3.63) is 12.3 Å². The molecule has 0 saturated carbocycles. The second kappa shape index (κ2) is 6.42. The molecule has 1 aliphatic rings. The molecule has 0 spiro atoms. The van der Waals surface area contributed by atoms with Crippen molar-refractivity contribution in [3.8, 4) is 0 Å². The van der Waals surface area contributed by atoms with Crippen molar-refractivity contribution in [2.24, 2.45) is 5.92 Å². The first-order valence-electron chi connectivity index (χ1n) is 6.78. The van der Waals surface area contributed by atoms with Crippen LogP contribution in [0.5, 0.6) is 0 Å². The molecule has 1 amide bonds. The Labute approximate surface area is 126 Å². The summed E-state index contributed by atoms with van der Waals surface area (Å²) in [5.74, 6) is -2.14. The highest BCUT2D eigenvalue weighted by molar-refractivity contribution is 6.78. The molecule has 3 atom stereocenters. The summed E-state index contributed by atoms with van der Waals surface area (Å²) in [6, 6.07) is -0.971. The van der Waals surface area contributed by atoms with Gasteiger partial charge in [0.15, 0.2) is 0 Å². The van der Waals surface area contributed by atoms with Crippen LogP contribution in [0.3, 0.4) is 0 Å². The van der Waals surface area contributed by atoms with E-state index in [9.17, 15) is 14.4 Å². The zero-order chi connectivity index (χ0) is 16.4. The number of ether oxygens (including phenoxy) is 2. The monoisotopic (exact) mass is 313 g/mol. The molecule has 6 nitrogen and oxygen atoms in total. The zero-order valence-electron chi connectivity index (χ0n) is 13.4. The number of rotatable bonds is 3. The summed E-state index contributed by atoms with van der Waals surface area (Å²) in [7, 11) is 0.736. The van der Waals surface area contributed by atoms with Gasteiger partial charge in [0.05, 0.1) is 28.2 Å². The molecular weight excluding hydrogens is 290 g/mol. The standard InChI is InChI=1S/C14H23NO5Si/c1-9(16)15-8-7-10(21(4,5)6)11(13(17)19-2)12(15)14(18)20-3/h7-8,10-12H,1-6H3. The minimum absolute atomic E-state index is 0.107. The summed E-state index contributed by atoms with van der Waals surface area (Å²) in [5, 5.41) is 0. The molecule has 0 aliphatic carbocycles. The number of nitrogens with zero attached hydrogens (tertiary/aromatic N) is 1. The first-order chi connectivity index (χ1) is 9.65. The molecule has 0 bridgehead atoms. The van der Waals surface area contributed by atoms with Crippen LogP contribution in [0, 0.1) is 5.92 Å². The Balaban J connectivity index is 3.40. The largest absolute Gasteiger partial charge is 0.469 e. The zero-order valence-corrected chi connectivity index (χ0v) is 14.4. The van der Waals surface area contributed by atoms with Gasteiger partial charge in [-0.2, -0.15) is 0 Å². The van der Waals surface area contributed by atoms with Crippen LogP contribution < -0.4 is 0 Å². The average molecular weight is 313 g/mol. The van der Waals surface area contributed by atoms with Gasteiger partial charge in [0.1, 0.15) is 6.04 Å². The van der Waals surface area contributed by atoms with Gasteiger partial charge in [0, 0.05) is 13.1 Å². The van der Waals surface area contributed by atoms with Crippen molar-refractivity contribution >= 4 is 25.9 Å². The average Bonchev–Trinajstić information content (AvgIpc) is 2.42. The SMILES string of the molecule is COC(=O)C1C(C(=O)OC)N(C(C)=O)C=CC1[Si](C)(C)C. The first kappa shape index (κ1) is 17.4. The van der Waals surface area contributed by atoms with Crippen LogP contribution in [0.2, 0.25) is 25.2 Å². The third kappa shape index (κ3) is 3.52. The van der Waals surface area contributed by atoms with E-state index < -0.39 is 32.0 Å². The molecule has 0 aromatic carbocycles.